The molecule has 0 aliphatic heterocycles. The highest BCUT2D eigenvalue weighted by Gasteiger charge is 2.12. The van der Waals surface area contributed by atoms with E-state index in [-0.39, 0.29) is 11.4 Å². The molecule has 1 aromatic carbocycles. The smallest absolute Gasteiger partial charge is 0.240 e. The summed E-state index contributed by atoms with van der Waals surface area (Å²) in [6.45, 7) is 2.40. The summed E-state index contributed by atoms with van der Waals surface area (Å²) in [7, 11) is -3.69. The van der Waals surface area contributed by atoms with Crippen molar-refractivity contribution in [3.8, 4) is 0 Å². The van der Waals surface area contributed by atoms with E-state index in [1.807, 2.05) is 19.1 Å². The minimum atomic E-state index is -3.69. The van der Waals surface area contributed by atoms with Crippen LogP contribution in [0.15, 0.2) is 59.6 Å². The molecule has 0 bridgehead atoms. The van der Waals surface area contributed by atoms with Crippen molar-refractivity contribution >= 4 is 27.5 Å². The Hall–Kier alpha value is -3.11. The van der Waals surface area contributed by atoms with Gasteiger partial charge < -0.3 is 10.6 Å². The van der Waals surface area contributed by atoms with Crippen LogP contribution in [0.2, 0.25) is 0 Å². The van der Waals surface area contributed by atoms with Crippen LogP contribution in [0.4, 0.5) is 21.8 Å². The predicted molar refractivity (Wildman–Crippen MR) is 104 cm³/mol. The van der Waals surface area contributed by atoms with Gasteiger partial charge in [-0.3, -0.25) is 0 Å². The first kappa shape index (κ1) is 19.6. The molecule has 8 nitrogen and oxygen atoms in total. The number of hydrogen-bond donors (Lipinski definition) is 3. The number of halogens is 1. The number of aromatic nitrogens is 3. The number of rotatable bonds is 8. The van der Waals surface area contributed by atoms with E-state index in [2.05, 4.69) is 30.5 Å². The molecule has 0 aliphatic carbocycles. The molecule has 0 aliphatic rings. The second-order valence-corrected chi connectivity index (χ2v) is 7.70. The Bertz CT molecular complexity index is 1010. The number of benzene rings is 1. The largest absolute Gasteiger partial charge is 0.367 e. The van der Waals surface area contributed by atoms with Crippen molar-refractivity contribution in [1.29, 1.82) is 0 Å². The standard InChI is InChI=1S/C18H19FN6O2S/c1-13-2-7-16(21-12-13)23-18-9-8-17(24-25-18)20-10-11-22-28(26,27)15-5-3-14(19)4-6-15/h2-9,12,22H,10-11H2,1H3,(H,20,24)(H,21,23,25). The van der Waals surface area contributed by atoms with E-state index < -0.39 is 15.8 Å². The summed E-state index contributed by atoms with van der Waals surface area (Å²) in [5.74, 6) is 1.22. The average Bonchev–Trinajstić information content (AvgIpc) is 2.69. The van der Waals surface area contributed by atoms with Crippen LogP contribution in [0.5, 0.6) is 0 Å². The van der Waals surface area contributed by atoms with Crippen LogP contribution in [-0.2, 0) is 10.0 Å². The summed E-state index contributed by atoms with van der Waals surface area (Å²) < 4.78 is 39.5. The van der Waals surface area contributed by atoms with Gasteiger partial charge in [0.2, 0.25) is 10.0 Å². The number of aryl methyl sites for hydroxylation is 1. The zero-order valence-corrected chi connectivity index (χ0v) is 15.9. The molecule has 10 heteroatoms. The molecule has 0 fully saturated rings. The highest BCUT2D eigenvalue weighted by Crippen LogP contribution is 2.13. The fourth-order valence-corrected chi connectivity index (χ4v) is 3.27. The first-order chi connectivity index (χ1) is 13.4. The molecule has 2 aromatic heterocycles. The lowest BCUT2D eigenvalue weighted by atomic mass is 10.3. The maximum atomic E-state index is 12.9. The van der Waals surface area contributed by atoms with Crippen molar-refractivity contribution < 1.29 is 12.8 Å². The van der Waals surface area contributed by atoms with Crippen LogP contribution in [0.3, 0.4) is 0 Å². The molecule has 0 atom stereocenters. The number of hydrogen-bond acceptors (Lipinski definition) is 7. The van der Waals surface area contributed by atoms with Crippen molar-refractivity contribution in [3.63, 3.8) is 0 Å². The van der Waals surface area contributed by atoms with E-state index in [1.54, 1.807) is 18.3 Å². The molecule has 0 unspecified atom stereocenters. The second kappa shape index (κ2) is 8.72. The lowest BCUT2D eigenvalue weighted by Gasteiger charge is -2.09. The van der Waals surface area contributed by atoms with Gasteiger partial charge in [0.25, 0.3) is 0 Å². The number of pyridine rings is 1. The van der Waals surface area contributed by atoms with Crippen LogP contribution in [0.1, 0.15) is 5.56 Å². The average molecular weight is 402 g/mol. The summed E-state index contributed by atoms with van der Waals surface area (Å²) in [6.07, 6.45) is 1.75. The van der Waals surface area contributed by atoms with Gasteiger partial charge in [0, 0.05) is 19.3 Å². The van der Waals surface area contributed by atoms with Crippen LogP contribution >= 0.6 is 0 Å². The zero-order valence-electron chi connectivity index (χ0n) is 15.1. The molecule has 2 heterocycles. The minimum absolute atomic E-state index is 0.00818. The molecule has 3 aromatic rings. The van der Waals surface area contributed by atoms with Gasteiger partial charge in [-0.15, -0.1) is 10.2 Å². The number of nitrogens with one attached hydrogen (secondary N) is 3. The number of anilines is 3. The molecule has 0 radical (unpaired) electrons. The van der Waals surface area contributed by atoms with E-state index in [4.69, 9.17) is 0 Å². The van der Waals surface area contributed by atoms with Gasteiger partial charge >= 0.3 is 0 Å². The Kier molecular flexibility index (Phi) is 6.12. The third-order valence-electron chi connectivity index (χ3n) is 3.68. The highest BCUT2D eigenvalue weighted by molar-refractivity contribution is 7.89. The van der Waals surface area contributed by atoms with E-state index >= 15 is 0 Å². The number of sulfonamides is 1. The molecule has 0 amide bonds. The van der Waals surface area contributed by atoms with Crippen molar-refractivity contribution in [2.45, 2.75) is 11.8 Å². The summed E-state index contributed by atoms with van der Waals surface area (Å²) in [5.41, 5.74) is 1.06. The van der Waals surface area contributed by atoms with Gasteiger partial charge in [-0.25, -0.2) is 22.5 Å². The minimum Gasteiger partial charge on any atom is -0.367 e. The van der Waals surface area contributed by atoms with E-state index in [0.29, 0.717) is 24.0 Å². The normalized spacial score (nSPS) is 11.2. The fourth-order valence-electron chi connectivity index (χ4n) is 2.24. The second-order valence-electron chi connectivity index (χ2n) is 5.93. The predicted octanol–water partition coefficient (Wildman–Crippen LogP) is 2.45. The Morgan fingerprint density at radius 2 is 1.57 bits per heavy atom. The van der Waals surface area contributed by atoms with Crippen LogP contribution in [0.25, 0.3) is 0 Å². The molecule has 3 N–H and O–H groups in total. The molecule has 146 valence electrons. The van der Waals surface area contributed by atoms with Crippen LogP contribution in [0, 0.1) is 12.7 Å². The summed E-state index contributed by atoms with van der Waals surface area (Å²) in [5, 5.41) is 14.1. The first-order valence-corrected chi connectivity index (χ1v) is 9.93. The lowest BCUT2D eigenvalue weighted by molar-refractivity contribution is 0.582. The maximum absolute atomic E-state index is 12.9. The quantitative estimate of drug-likeness (QED) is 0.497. The van der Waals surface area contributed by atoms with Crippen LogP contribution < -0.4 is 15.4 Å². The molecule has 0 spiro atoms. The van der Waals surface area contributed by atoms with Crippen molar-refractivity contribution in [2.75, 3.05) is 23.7 Å². The third-order valence-corrected chi connectivity index (χ3v) is 5.16. The van der Waals surface area contributed by atoms with Gasteiger partial charge in [0.1, 0.15) is 17.5 Å². The Morgan fingerprint density at radius 1 is 0.893 bits per heavy atom. The molecular weight excluding hydrogens is 383 g/mol. The molecule has 28 heavy (non-hydrogen) atoms. The summed E-state index contributed by atoms with van der Waals surface area (Å²) in [4.78, 5) is 4.24. The molecule has 3 rings (SSSR count). The van der Waals surface area contributed by atoms with Gasteiger partial charge in [0.05, 0.1) is 4.90 Å². The third kappa shape index (κ3) is 5.44. The molecular formula is C18H19FN6O2S. The lowest BCUT2D eigenvalue weighted by Crippen LogP contribution is -2.29. The van der Waals surface area contributed by atoms with Crippen molar-refractivity contribution in [2.24, 2.45) is 0 Å². The molecule has 0 saturated heterocycles. The van der Waals surface area contributed by atoms with Crippen molar-refractivity contribution in [1.82, 2.24) is 19.9 Å². The van der Waals surface area contributed by atoms with E-state index in [9.17, 15) is 12.8 Å². The Labute approximate surface area is 162 Å². The van der Waals surface area contributed by atoms with E-state index in [0.717, 1.165) is 17.7 Å². The monoisotopic (exact) mass is 402 g/mol. The highest BCUT2D eigenvalue weighted by atomic mass is 32.2. The first-order valence-electron chi connectivity index (χ1n) is 8.45. The fraction of sp³-hybridized carbons (Fsp3) is 0.167. The van der Waals surface area contributed by atoms with Crippen LogP contribution in [-0.4, -0.2) is 36.7 Å². The summed E-state index contributed by atoms with van der Waals surface area (Å²) in [6, 6.07) is 11.9. The number of nitrogens with zero attached hydrogens (tertiary/aromatic N) is 3. The van der Waals surface area contributed by atoms with Gasteiger partial charge in [0.15, 0.2) is 5.82 Å². The Morgan fingerprint density at radius 3 is 2.21 bits per heavy atom. The van der Waals surface area contributed by atoms with Gasteiger partial charge in [-0.1, -0.05) is 6.07 Å². The zero-order chi connectivity index (χ0) is 20.0. The van der Waals surface area contributed by atoms with Gasteiger partial charge in [-0.2, -0.15) is 0 Å². The summed E-state index contributed by atoms with van der Waals surface area (Å²) >= 11 is 0. The van der Waals surface area contributed by atoms with Crippen molar-refractivity contribution in [3.05, 3.63) is 66.1 Å². The Balaban J connectivity index is 1.47. The topological polar surface area (TPSA) is 109 Å². The SMILES string of the molecule is Cc1ccc(Nc2ccc(NCCNS(=O)(=O)c3ccc(F)cc3)nn2)nc1. The maximum Gasteiger partial charge on any atom is 0.240 e. The molecule has 0 saturated carbocycles. The van der Waals surface area contributed by atoms with Gasteiger partial charge in [-0.05, 0) is 55.0 Å². The van der Waals surface area contributed by atoms with E-state index in [1.165, 1.54) is 12.1 Å².